The van der Waals surface area contributed by atoms with Gasteiger partial charge in [-0.1, -0.05) is 49.6 Å². The number of hydrogen-bond donors (Lipinski definition) is 0. The van der Waals surface area contributed by atoms with Crippen LogP contribution >= 0.6 is 11.6 Å². The second-order valence-corrected chi connectivity index (χ2v) is 12.8. The molecule has 1 atom stereocenters. The van der Waals surface area contributed by atoms with Crippen molar-refractivity contribution in [2.45, 2.75) is 66.0 Å². The van der Waals surface area contributed by atoms with Gasteiger partial charge in [0.15, 0.2) is 5.65 Å². The zero-order valence-electron chi connectivity index (χ0n) is 26.2. The summed E-state index contributed by atoms with van der Waals surface area (Å²) in [6, 6.07) is 10.9. The molecule has 1 amide bonds. The number of amides is 1. The van der Waals surface area contributed by atoms with Crippen LogP contribution in [0, 0.1) is 19.3 Å². The van der Waals surface area contributed by atoms with E-state index in [-0.39, 0.29) is 18.1 Å². The standard InChI is InChI=1S/C34H37ClN6O3/c1-9-23-12-10-11-13-24(23)28-26(35)18-25-30(40-17-16-39(19-22(40)5)33(43)44-34(6,7)8)38-32(42)41(31(25)37-28)29-21(4)14-15-36-27(29)20(2)3/h1,10-15,18,20,22H,16-17,19H2,2-8H3/t22-/m0/s1. The number of pyridine rings is 2. The predicted octanol–water partition coefficient (Wildman–Crippen LogP) is 6.35. The van der Waals surface area contributed by atoms with Gasteiger partial charge in [0.05, 0.1) is 27.5 Å². The molecule has 4 heterocycles. The molecule has 0 spiro atoms. The minimum absolute atomic E-state index is 0.0291. The number of terminal acetylenes is 1. The molecule has 0 aliphatic carbocycles. The predicted molar refractivity (Wildman–Crippen MR) is 175 cm³/mol. The second kappa shape index (κ2) is 11.9. The van der Waals surface area contributed by atoms with Crippen LogP contribution < -0.4 is 10.6 Å². The Bertz CT molecular complexity index is 1850. The van der Waals surface area contributed by atoms with E-state index >= 15 is 0 Å². The van der Waals surface area contributed by atoms with E-state index in [1.54, 1.807) is 17.2 Å². The van der Waals surface area contributed by atoms with Gasteiger partial charge in [-0.2, -0.15) is 4.98 Å². The minimum atomic E-state index is -0.600. The monoisotopic (exact) mass is 612 g/mol. The molecule has 3 aromatic heterocycles. The van der Waals surface area contributed by atoms with Crippen molar-refractivity contribution < 1.29 is 9.53 Å². The number of carbonyl (C=O) groups is 1. The highest BCUT2D eigenvalue weighted by atomic mass is 35.5. The summed E-state index contributed by atoms with van der Waals surface area (Å²) < 4.78 is 7.14. The SMILES string of the molecule is C#Cc1ccccc1-c1nc2c(cc1Cl)c(N1CCN(C(=O)OC(C)(C)C)C[C@@H]1C)nc(=O)n2-c1c(C)ccnc1C(C)C. The molecular formula is C34H37ClN6O3. The van der Waals surface area contributed by atoms with Gasteiger partial charge in [-0.05, 0) is 64.3 Å². The maximum Gasteiger partial charge on any atom is 0.410 e. The van der Waals surface area contributed by atoms with Gasteiger partial charge in [0.2, 0.25) is 0 Å². The number of benzene rings is 1. The van der Waals surface area contributed by atoms with Crippen molar-refractivity contribution >= 4 is 34.5 Å². The Morgan fingerprint density at radius 2 is 1.89 bits per heavy atom. The number of nitrogens with zero attached hydrogens (tertiary/aromatic N) is 6. The summed E-state index contributed by atoms with van der Waals surface area (Å²) in [6.45, 7) is 14.8. The van der Waals surface area contributed by atoms with Crippen molar-refractivity contribution in [1.82, 2.24) is 24.4 Å². The Morgan fingerprint density at radius 3 is 2.55 bits per heavy atom. The molecule has 4 aromatic rings. The number of halogens is 1. The van der Waals surface area contributed by atoms with E-state index < -0.39 is 11.3 Å². The maximum absolute atomic E-state index is 14.1. The molecule has 44 heavy (non-hydrogen) atoms. The third-order valence-corrected chi connectivity index (χ3v) is 7.90. The number of rotatable bonds is 4. The number of fused-ring (bicyclic) bond motifs is 1. The summed E-state index contributed by atoms with van der Waals surface area (Å²) in [4.78, 5) is 45.0. The number of piperazine rings is 1. The lowest BCUT2D eigenvalue weighted by molar-refractivity contribution is 0.0218. The molecule has 5 rings (SSSR count). The Hall–Kier alpha value is -4.42. The second-order valence-electron chi connectivity index (χ2n) is 12.4. The van der Waals surface area contributed by atoms with Crippen molar-refractivity contribution in [3.8, 4) is 29.3 Å². The number of hydrogen-bond acceptors (Lipinski definition) is 7. The van der Waals surface area contributed by atoms with Gasteiger partial charge in [-0.15, -0.1) is 6.42 Å². The van der Waals surface area contributed by atoms with Crippen LogP contribution in [0.5, 0.6) is 0 Å². The molecule has 1 fully saturated rings. The van der Waals surface area contributed by atoms with E-state index in [0.29, 0.717) is 64.0 Å². The van der Waals surface area contributed by atoms with Gasteiger partial charge in [-0.3, -0.25) is 4.98 Å². The van der Waals surface area contributed by atoms with Gasteiger partial charge in [0.25, 0.3) is 0 Å². The van der Waals surface area contributed by atoms with Crippen LogP contribution in [0.25, 0.3) is 28.0 Å². The van der Waals surface area contributed by atoms with Crippen LogP contribution in [0.4, 0.5) is 10.6 Å². The van der Waals surface area contributed by atoms with Crippen LogP contribution in [-0.4, -0.2) is 61.8 Å². The maximum atomic E-state index is 14.1. The van der Waals surface area contributed by atoms with Gasteiger partial charge in [0.1, 0.15) is 11.4 Å². The summed E-state index contributed by atoms with van der Waals surface area (Å²) in [7, 11) is 0. The average Bonchev–Trinajstić information content (AvgIpc) is 2.96. The Kier molecular flexibility index (Phi) is 8.41. The molecule has 1 saturated heterocycles. The van der Waals surface area contributed by atoms with Crippen LogP contribution in [0.15, 0.2) is 47.4 Å². The Labute approximate surface area is 262 Å². The number of anilines is 1. The lowest BCUT2D eigenvalue weighted by atomic mass is 10.0. The molecule has 0 bridgehead atoms. The summed E-state index contributed by atoms with van der Waals surface area (Å²) in [5.41, 5.74) is 3.36. The highest BCUT2D eigenvalue weighted by Crippen LogP contribution is 2.36. The van der Waals surface area contributed by atoms with E-state index in [1.165, 1.54) is 4.57 Å². The lowest BCUT2D eigenvalue weighted by Crippen LogP contribution is -2.55. The van der Waals surface area contributed by atoms with Crippen LogP contribution in [-0.2, 0) is 4.74 Å². The third-order valence-electron chi connectivity index (χ3n) is 7.62. The first kappa shape index (κ1) is 31.0. The van der Waals surface area contributed by atoms with E-state index in [2.05, 4.69) is 15.9 Å². The molecule has 0 saturated carbocycles. The van der Waals surface area contributed by atoms with Gasteiger partial charge < -0.3 is 14.5 Å². The molecule has 1 aliphatic rings. The number of ether oxygens (including phenoxy) is 1. The minimum Gasteiger partial charge on any atom is -0.444 e. The van der Waals surface area contributed by atoms with E-state index in [9.17, 15) is 9.59 Å². The normalized spacial score (nSPS) is 15.5. The number of aryl methyl sites for hydroxylation is 1. The lowest BCUT2D eigenvalue weighted by Gasteiger charge is -2.41. The first-order valence-electron chi connectivity index (χ1n) is 14.7. The molecule has 228 valence electrons. The average molecular weight is 613 g/mol. The largest absolute Gasteiger partial charge is 0.444 e. The van der Waals surface area contributed by atoms with Crippen molar-refractivity contribution in [3.63, 3.8) is 0 Å². The highest BCUT2D eigenvalue weighted by Gasteiger charge is 2.33. The molecule has 1 aromatic carbocycles. The molecule has 0 unspecified atom stereocenters. The number of carbonyl (C=O) groups excluding carboxylic acids is 1. The fraction of sp³-hybridized carbons (Fsp3) is 0.382. The van der Waals surface area contributed by atoms with Crippen LogP contribution in [0.1, 0.15) is 64.3 Å². The Morgan fingerprint density at radius 1 is 1.16 bits per heavy atom. The van der Waals surface area contributed by atoms with E-state index in [1.807, 2.05) is 83.7 Å². The third kappa shape index (κ3) is 5.87. The molecule has 0 N–H and O–H groups in total. The van der Waals surface area contributed by atoms with Crippen molar-refractivity contribution in [3.05, 3.63) is 74.9 Å². The number of aromatic nitrogens is 4. The van der Waals surface area contributed by atoms with Crippen molar-refractivity contribution in [1.29, 1.82) is 0 Å². The van der Waals surface area contributed by atoms with Crippen molar-refractivity contribution in [2.75, 3.05) is 24.5 Å². The van der Waals surface area contributed by atoms with E-state index in [0.717, 1.165) is 11.3 Å². The molecule has 10 heteroatoms. The molecule has 0 radical (unpaired) electrons. The zero-order valence-corrected chi connectivity index (χ0v) is 26.9. The van der Waals surface area contributed by atoms with Crippen LogP contribution in [0.3, 0.4) is 0 Å². The van der Waals surface area contributed by atoms with Crippen LogP contribution in [0.2, 0.25) is 5.02 Å². The van der Waals surface area contributed by atoms with E-state index in [4.69, 9.17) is 27.7 Å². The van der Waals surface area contributed by atoms with Gasteiger partial charge in [0, 0.05) is 43.0 Å². The van der Waals surface area contributed by atoms with Gasteiger partial charge in [-0.25, -0.2) is 19.1 Å². The van der Waals surface area contributed by atoms with Gasteiger partial charge >= 0.3 is 11.8 Å². The summed E-state index contributed by atoms with van der Waals surface area (Å²) in [6.07, 6.45) is 7.21. The topological polar surface area (TPSA) is 93.5 Å². The first-order valence-corrected chi connectivity index (χ1v) is 15.1. The smallest absolute Gasteiger partial charge is 0.410 e. The first-order chi connectivity index (χ1) is 20.8. The fourth-order valence-electron chi connectivity index (χ4n) is 5.58. The zero-order chi connectivity index (χ0) is 31.9. The molecule has 1 aliphatic heterocycles. The van der Waals surface area contributed by atoms with Crippen molar-refractivity contribution in [2.24, 2.45) is 0 Å². The molecular weight excluding hydrogens is 576 g/mol. The highest BCUT2D eigenvalue weighted by molar-refractivity contribution is 6.34. The quantitative estimate of drug-likeness (QED) is 0.248. The summed E-state index contributed by atoms with van der Waals surface area (Å²) in [5.74, 6) is 3.20. The summed E-state index contributed by atoms with van der Waals surface area (Å²) >= 11 is 6.94. The molecule has 9 nitrogen and oxygen atoms in total. The Balaban J connectivity index is 1.74. The summed E-state index contributed by atoms with van der Waals surface area (Å²) in [5, 5.41) is 0.979. The fourth-order valence-corrected chi connectivity index (χ4v) is 5.83.